The lowest BCUT2D eigenvalue weighted by Crippen LogP contribution is -2.43. The molecule has 6 rings (SSSR count). The van der Waals surface area contributed by atoms with Gasteiger partial charge in [0.05, 0.1) is 45.6 Å². The molecule has 6 aromatic rings. The van der Waals surface area contributed by atoms with Gasteiger partial charge in [-0.2, -0.15) is 5.26 Å². The molecule has 1 heterocycles. The molecule has 0 radical (unpaired) electrons. The summed E-state index contributed by atoms with van der Waals surface area (Å²) in [6.45, 7) is 5.99. The molecule has 0 bridgehead atoms. The van der Waals surface area contributed by atoms with E-state index in [1.165, 1.54) is 60.7 Å². The minimum absolute atomic E-state index is 0.0346. The number of carboxylic acids is 1. The molecule has 306 valence electrons. The fourth-order valence-electron chi connectivity index (χ4n) is 6.30. The molecular formula is C46H39N7O8. The van der Waals surface area contributed by atoms with Crippen LogP contribution in [0.1, 0.15) is 74.2 Å². The van der Waals surface area contributed by atoms with E-state index in [2.05, 4.69) is 33.3 Å². The summed E-state index contributed by atoms with van der Waals surface area (Å²) in [7, 11) is 0. The number of nitriles is 1. The molecule has 1 aromatic heterocycles. The number of aryl methyl sites for hydroxylation is 1. The van der Waals surface area contributed by atoms with Crippen LogP contribution in [0.2, 0.25) is 0 Å². The van der Waals surface area contributed by atoms with Crippen LogP contribution in [0.15, 0.2) is 103 Å². The molecule has 15 heteroatoms. The quantitative estimate of drug-likeness (QED) is 0.0614. The third-order valence-electron chi connectivity index (χ3n) is 9.32. The van der Waals surface area contributed by atoms with E-state index in [9.17, 15) is 34.3 Å². The van der Waals surface area contributed by atoms with Gasteiger partial charge in [0.25, 0.3) is 17.7 Å². The number of carbonyl (C=O) groups excluding carboxylic acids is 4. The van der Waals surface area contributed by atoms with Crippen LogP contribution in [-0.2, 0) is 11.3 Å². The van der Waals surface area contributed by atoms with Crippen molar-refractivity contribution in [1.82, 2.24) is 14.9 Å². The van der Waals surface area contributed by atoms with Crippen molar-refractivity contribution < 1.29 is 38.9 Å². The van der Waals surface area contributed by atoms with Crippen molar-refractivity contribution >= 4 is 57.7 Å². The second kappa shape index (κ2) is 18.4. The molecule has 6 N–H and O–H groups in total. The van der Waals surface area contributed by atoms with E-state index in [-0.39, 0.29) is 40.1 Å². The summed E-state index contributed by atoms with van der Waals surface area (Å²) in [5.74, 6) is -1.10. The molecule has 61 heavy (non-hydrogen) atoms. The maximum absolute atomic E-state index is 13.3. The van der Waals surface area contributed by atoms with Gasteiger partial charge < -0.3 is 40.8 Å². The first-order chi connectivity index (χ1) is 29.3. The zero-order valence-electron chi connectivity index (χ0n) is 33.1. The number of terminal acetylenes is 1. The number of amides is 4. The molecule has 1 atom stereocenters. The summed E-state index contributed by atoms with van der Waals surface area (Å²) >= 11 is 0. The number of nitrogens with zero attached hydrogens (tertiary/aromatic N) is 3. The molecular weight excluding hydrogens is 779 g/mol. The lowest BCUT2D eigenvalue weighted by Gasteiger charge is -2.18. The minimum Gasteiger partial charge on any atom is -0.504 e. The predicted molar refractivity (Wildman–Crippen MR) is 229 cm³/mol. The van der Waals surface area contributed by atoms with E-state index in [1.807, 2.05) is 11.5 Å². The summed E-state index contributed by atoms with van der Waals surface area (Å²) in [6.07, 6.45) is 4.99. The average Bonchev–Trinajstić information content (AvgIpc) is 3.63. The summed E-state index contributed by atoms with van der Waals surface area (Å²) in [5.41, 5.74) is 3.88. The number of nitrogens with one attached hydrogen (secondary N) is 4. The fourth-order valence-corrected chi connectivity index (χ4v) is 6.30. The number of phenolic OH excluding ortho intramolecular Hbond substituents is 1. The number of aromatic carboxylic acids is 1. The monoisotopic (exact) mass is 817 g/mol. The van der Waals surface area contributed by atoms with Gasteiger partial charge in [0.15, 0.2) is 11.5 Å². The van der Waals surface area contributed by atoms with Crippen LogP contribution in [0.4, 0.5) is 17.1 Å². The number of rotatable bonds is 14. The molecule has 0 aliphatic heterocycles. The number of carbonyl (C=O) groups is 5. The Morgan fingerprint density at radius 2 is 1.43 bits per heavy atom. The highest BCUT2D eigenvalue weighted by Crippen LogP contribution is 2.39. The SMILES string of the molecule is C#CC[C@H](NC(=O)c1ccc(-c2nc3ccc(C#N)cc3n2CC)cc1)C(=O)Nc1ccc(C(=O)Nc2ccc(C(=O)Nc3ccc(C(=O)O)cc3)c(O)c2OC(C)C)cc1. The van der Waals surface area contributed by atoms with Gasteiger partial charge in [-0.15, -0.1) is 12.3 Å². The predicted octanol–water partition coefficient (Wildman–Crippen LogP) is 7.05. The number of benzene rings is 5. The van der Waals surface area contributed by atoms with Gasteiger partial charge in [0.2, 0.25) is 5.91 Å². The van der Waals surface area contributed by atoms with Crippen LogP contribution < -0.4 is 26.0 Å². The van der Waals surface area contributed by atoms with Crippen molar-refractivity contribution in [2.45, 2.75) is 45.9 Å². The Balaban J connectivity index is 1.09. The van der Waals surface area contributed by atoms with Crippen LogP contribution in [0.25, 0.3) is 22.4 Å². The van der Waals surface area contributed by atoms with E-state index in [4.69, 9.17) is 21.3 Å². The molecule has 15 nitrogen and oxygen atoms in total. The van der Waals surface area contributed by atoms with Gasteiger partial charge in [-0.3, -0.25) is 19.2 Å². The Morgan fingerprint density at radius 1 is 0.803 bits per heavy atom. The number of hydrogen-bond donors (Lipinski definition) is 6. The highest BCUT2D eigenvalue weighted by molar-refractivity contribution is 6.10. The lowest BCUT2D eigenvalue weighted by atomic mass is 10.1. The largest absolute Gasteiger partial charge is 0.504 e. The molecule has 0 fully saturated rings. The Morgan fingerprint density at radius 3 is 2.03 bits per heavy atom. The number of carboxylic acid groups (broad SMARTS) is 1. The zero-order chi connectivity index (χ0) is 43.8. The molecule has 0 spiro atoms. The topological polar surface area (TPSA) is 225 Å². The Labute approximate surface area is 350 Å². The molecule has 0 aliphatic carbocycles. The molecule has 0 saturated carbocycles. The highest BCUT2D eigenvalue weighted by atomic mass is 16.5. The second-order valence-corrected chi connectivity index (χ2v) is 13.9. The van der Waals surface area contributed by atoms with Gasteiger partial charge in [-0.25, -0.2) is 9.78 Å². The maximum atomic E-state index is 13.3. The third kappa shape index (κ3) is 9.65. The molecule has 0 aliphatic rings. The standard InChI is InChI=1S/C46H39N7O8/c1-5-7-37(52-43(56)29-11-9-28(10-12-29)41-50-35-22-8-27(25-47)24-38(35)53(41)6-2)45(58)49-33-17-13-30(14-18-33)42(55)51-36-23-21-34(39(54)40(36)61-26(3)4)44(57)48-32-19-15-31(16-20-32)46(59)60/h1,8-24,26,37,54H,6-7H2,2-4H3,(H,48,57)(H,49,58)(H,51,55)(H,52,56)(H,59,60)/t37-/m0/s1. The van der Waals surface area contributed by atoms with E-state index in [0.717, 1.165) is 16.6 Å². The third-order valence-corrected chi connectivity index (χ3v) is 9.32. The number of ether oxygens (including phenoxy) is 1. The number of aromatic hydroxyl groups is 1. The van der Waals surface area contributed by atoms with Crippen LogP contribution in [0.3, 0.4) is 0 Å². The normalized spacial score (nSPS) is 11.2. The van der Waals surface area contributed by atoms with Crippen molar-refractivity contribution in [3.63, 3.8) is 0 Å². The lowest BCUT2D eigenvalue weighted by molar-refractivity contribution is -0.117. The molecule has 0 unspecified atom stereocenters. The van der Waals surface area contributed by atoms with Gasteiger partial charge in [0.1, 0.15) is 11.9 Å². The van der Waals surface area contributed by atoms with Crippen molar-refractivity contribution in [3.05, 3.63) is 131 Å². The first-order valence-electron chi connectivity index (χ1n) is 18.9. The van der Waals surface area contributed by atoms with Gasteiger partial charge in [0, 0.05) is 41.0 Å². The Bertz CT molecular complexity index is 2750. The summed E-state index contributed by atoms with van der Waals surface area (Å²) in [6, 6.07) is 27.2. The van der Waals surface area contributed by atoms with Gasteiger partial charge in [-0.1, -0.05) is 12.1 Å². The number of hydrogen-bond acceptors (Lipinski definition) is 9. The van der Waals surface area contributed by atoms with E-state index < -0.39 is 47.5 Å². The molecule has 4 amide bonds. The zero-order valence-corrected chi connectivity index (χ0v) is 33.1. The van der Waals surface area contributed by atoms with Crippen LogP contribution in [0, 0.1) is 23.7 Å². The van der Waals surface area contributed by atoms with E-state index >= 15 is 0 Å². The van der Waals surface area contributed by atoms with Crippen molar-refractivity contribution in [1.29, 1.82) is 5.26 Å². The van der Waals surface area contributed by atoms with Crippen LogP contribution >= 0.6 is 0 Å². The number of aromatic nitrogens is 2. The minimum atomic E-state index is -1.12. The van der Waals surface area contributed by atoms with Gasteiger partial charge >= 0.3 is 5.97 Å². The Hall–Kier alpha value is -8.43. The second-order valence-electron chi connectivity index (χ2n) is 13.9. The Kier molecular flexibility index (Phi) is 12.8. The summed E-state index contributed by atoms with van der Waals surface area (Å²) in [5, 5.41) is 40.2. The van der Waals surface area contributed by atoms with Crippen molar-refractivity contribution in [3.8, 4) is 41.3 Å². The number of phenols is 1. The number of anilines is 3. The maximum Gasteiger partial charge on any atom is 0.335 e. The number of imidazole rings is 1. The first-order valence-corrected chi connectivity index (χ1v) is 18.9. The first kappa shape index (κ1) is 42.2. The van der Waals surface area contributed by atoms with Crippen LogP contribution in [0.5, 0.6) is 11.5 Å². The van der Waals surface area contributed by atoms with Crippen molar-refractivity contribution in [2.75, 3.05) is 16.0 Å². The van der Waals surface area contributed by atoms with E-state index in [0.29, 0.717) is 29.3 Å². The average molecular weight is 818 g/mol. The number of fused-ring (bicyclic) bond motifs is 1. The highest BCUT2D eigenvalue weighted by Gasteiger charge is 2.24. The molecule has 5 aromatic carbocycles. The van der Waals surface area contributed by atoms with E-state index in [1.54, 1.807) is 56.3 Å². The van der Waals surface area contributed by atoms with Crippen molar-refractivity contribution in [2.24, 2.45) is 0 Å². The fraction of sp³-hybridized carbons (Fsp3) is 0.152. The molecule has 0 saturated heterocycles. The van der Waals surface area contributed by atoms with Gasteiger partial charge in [-0.05, 0) is 112 Å². The summed E-state index contributed by atoms with van der Waals surface area (Å²) in [4.78, 5) is 68.9. The summed E-state index contributed by atoms with van der Waals surface area (Å²) < 4.78 is 7.78. The smallest absolute Gasteiger partial charge is 0.335 e. The van der Waals surface area contributed by atoms with Crippen LogP contribution in [-0.4, -0.2) is 61.5 Å².